The first-order chi connectivity index (χ1) is 10.2. The van der Waals surface area contributed by atoms with Gasteiger partial charge < -0.3 is 15.2 Å². The summed E-state index contributed by atoms with van der Waals surface area (Å²) >= 11 is 0. The van der Waals surface area contributed by atoms with Gasteiger partial charge in [0.1, 0.15) is 5.69 Å². The van der Waals surface area contributed by atoms with E-state index in [1.807, 2.05) is 21.7 Å². The van der Waals surface area contributed by atoms with Gasteiger partial charge in [0.05, 0.1) is 5.69 Å². The fourth-order valence-corrected chi connectivity index (χ4v) is 3.63. The molecule has 0 radical (unpaired) electrons. The molecule has 116 valence electrons. The topological polar surface area (TPSA) is 54.5 Å². The number of likely N-dealkylation sites (tertiary alicyclic amines) is 2. The van der Waals surface area contributed by atoms with E-state index in [1.165, 1.54) is 25.9 Å². The lowest BCUT2D eigenvalue weighted by Crippen LogP contribution is -2.37. The summed E-state index contributed by atoms with van der Waals surface area (Å²) in [7, 11) is 0. The van der Waals surface area contributed by atoms with Gasteiger partial charge in [-0.3, -0.25) is 9.69 Å². The van der Waals surface area contributed by atoms with Crippen molar-refractivity contribution in [2.75, 3.05) is 31.9 Å². The third-order valence-corrected chi connectivity index (χ3v) is 4.71. The lowest BCUT2D eigenvalue weighted by molar-refractivity contribution is 0.0769. The standard InChI is InChI=1S/C16H26N4O/c1-2-6-19-11-13(17)10-15(19)16(21)20-9-5-14(12-20)18-7-3-4-8-18/h10-11,14H,2-9,12,17H2,1H3. The molecular formula is C16H26N4O. The first kappa shape index (κ1) is 14.4. The molecule has 5 heteroatoms. The molecule has 0 aromatic carbocycles. The Hall–Kier alpha value is -1.49. The van der Waals surface area contributed by atoms with Crippen LogP contribution in [0.3, 0.4) is 0 Å². The van der Waals surface area contributed by atoms with Crippen molar-refractivity contribution in [3.05, 3.63) is 18.0 Å². The highest BCUT2D eigenvalue weighted by atomic mass is 16.2. The van der Waals surface area contributed by atoms with Crippen molar-refractivity contribution >= 4 is 11.6 Å². The Morgan fingerprint density at radius 2 is 2.10 bits per heavy atom. The number of nitrogens with two attached hydrogens (primary N) is 1. The maximum atomic E-state index is 12.7. The second-order valence-corrected chi connectivity index (χ2v) is 6.29. The van der Waals surface area contributed by atoms with Crippen LogP contribution in [0.5, 0.6) is 0 Å². The van der Waals surface area contributed by atoms with Crippen LogP contribution in [-0.4, -0.2) is 52.5 Å². The number of aryl methyl sites for hydroxylation is 1. The number of nitrogens with zero attached hydrogens (tertiary/aromatic N) is 3. The molecule has 0 aliphatic carbocycles. The number of hydrogen-bond acceptors (Lipinski definition) is 3. The highest BCUT2D eigenvalue weighted by molar-refractivity contribution is 5.94. The number of aromatic nitrogens is 1. The summed E-state index contributed by atoms with van der Waals surface area (Å²) in [5, 5.41) is 0. The molecule has 21 heavy (non-hydrogen) atoms. The molecular weight excluding hydrogens is 264 g/mol. The van der Waals surface area contributed by atoms with Gasteiger partial charge in [0.2, 0.25) is 0 Å². The molecule has 3 heterocycles. The third kappa shape index (κ3) is 2.93. The Kier molecular flexibility index (Phi) is 4.19. The Bertz CT molecular complexity index is 504. The zero-order valence-corrected chi connectivity index (χ0v) is 12.9. The van der Waals surface area contributed by atoms with E-state index >= 15 is 0 Å². The predicted octanol–water partition coefficient (Wildman–Crippen LogP) is 1.79. The fraction of sp³-hybridized carbons (Fsp3) is 0.688. The minimum Gasteiger partial charge on any atom is -0.397 e. The quantitative estimate of drug-likeness (QED) is 0.920. The van der Waals surface area contributed by atoms with Crippen molar-refractivity contribution in [3.63, 3.8) is 0 Å². The van der Waals surface area contributed by atoms with Gasteiger partial charge in [-0.05, 0) is 44.8 Å². The number of nitrogen functional groups attached to an aromatic ring is 1. The molecule has 1 unspecified atom stereocenters. The van der Waals surface area contributed by atoms with E-state index in [-0.39, 0.29) is 5.91 Å². The van der Waals surface area contributed by atoms with Gasteiger partial charge in [-0.2, -0.15) is 0 Å². The molecule has 2 N–H and O–H groups in total. The Morgan fingerprint density at radius 3 is 2.81 bits per heavy atom. The van der Waals surface area contributed by atoms with Crippen molar-refractivity contribution < 1.29 is 4.79 Å². The molecule has 2 saturated heterocycles. The van der Waals surface area contributed by atoms with Gasteiger partial charge >= 0.3 is 0 Å². The number of rotatable bonds is 4. The Balaban J connectivity index is 1.68. The van der Waals surface area contributed by atoms with Gasteiger partial charge in [-0.25, -0.2) is 0 Å². The third-order valence-electron chi connectivity index (χ3n) is 4.71. The van der Waals surface area contributed by atoms with Gasteiger partial charge in [-0.15, -0.1) is 0 Å². The van der Waals surface area contributed by atoms with E-state index in [4.69, 9.17) is 5.73 Å². The summed E-state index contributed by atoms with van der Waals surface area (Å²) in [5.41, 5.74) is 7.30. The van der Waals surface area contributed by atoms with Crippen molar-refractivity contribution in [2.45, 2.75) is 45.2 Å². The molecule has 3 rings (SSSR count). The molecule has 0 saturated carbocycles. The van der Waals surface area contributed by atoms with Crippen LogP contribution in [0.25, 0.3) is 0 Å². The molecule has 1 atom stereocenters. The lowest BCUT2D eigenvalue weighted by atomic mass is 10.2. The first-order valence-corrected chi connectivity index (χ1v) is 8.18. The summed E-state index contributed by atoms with van der Waals surface area (Å²) in [4.78, 5) is 17.3. The molecule has 1 aromatic rings. The monoisotopic (exact) mass is 290 g/mol. The SMILES string of the molecule is CCCn1cc(N)cc1C(=O)N1CCC(N2CCCC2)C1. The van der Waals surface area contributed by atoms with Crippen LogP contribution in [0.1, 0.15) is 43.1 Å². The number of anilines is 1. The van der Waals surface area contributed by atoms with Crippen LogP contribution in [0.15, 0.2) is 12.3 Å². The van der Waals surface area contributed by atoms with Crippen LogP contribution in [0.2, 0.25) is 0 Å². The van der Waals surface area contributed by atoms with Crippen molar-refractivity contribution in [1.29, 1.82) is 0 Å². The molecule has 2 aliphatic rings. The average Bonchev–Trinajstić information content (AvgIpc) is 3.18. The average molecular weight is 290 g/mol. The number of carbonyl (C=O) groups is 1. The number of hydrogen-bond donors (Lipinski definition) is 1. The van der Waals surface area contributed by atoms with E-state index in [9.17, 15) is 4.79 Å². The van der Waals surface area contributed by atoms with E-state index < -0.39 is 0 Å². The molecule has 0 spiro atoms. The Labute approximate surface area is 126 Å². The zero-order chi connectivity index (χ0) is 14.8. The second kappa shape index (κ2) is 6.10. The fourth-order valence-electron chi connectivity index (χ4n) is 3.63. The normalized spacial score (nSPS) is 23.1. The van der Waals surface area contributed by atoms with Gasteiger partial charge in [0.15, 0.2) is 0 Å². The summed E-state index contributed by atoms with van der Waals surface area (Å²) in [6.07, 6.45) is 6.60. The van der Waals surface area contributed by atoms with E-state index in [0.29, 0.717) is 11.7 Å². The van der Waals surface area contributed by atoms with Crippen LogP contribution in [0, 0.1) is 0 Å². The summed E-state index contributed by atoms with van der Waals surface area (Å²) in [6.45, 7) is 7.11. The summed E-state index contributed by atoms with van der Waals surface area (Å²) < 4.78 is 2.00. The van der Waals surface area contributed by atoms with Crippen molar-refractivity contribution in [3.8, 4) is 0 Å². The Morgan fingerprint density at radius 1 is 1.33 bits per heavy atom. The van der Waals surface area contributed by atoms with Gasteiger partial charge in [0.25, 0.3) is 5.91 Å². The summed E-state index contributed by atoms with van der Waals surface area (Å²) in [6, 6.07) is 2.38. The highest BCUT2D eigenvalue weighted by Gasteiger charge is 2.32. The number of carbonyl (C=O) groups excluding carboxylic acids is 1. The van der Waals surface area contributed by atoms with Crippen LogP contribution in [-0.2, 0) is 6.54 Å². The molecule has 2 aliphatic heterocycles. The smallest absolute Gasteiger partial charge is 0.270 e. The molecule has 1 aromatic heterocycles. The molecule has 2 fully saturated rings. The summed E-state index contributed by atoms with van der Waals surface area (Å²) in [5.74, 6) is 0.141. The van der Waals surface area contributed by atoms with E-state index in [2.05, 4.69) is 11.8 Å². The second-order valence-electron chi connectivity index (χ2n) is 6.29. The van der Waals surface area contributed by atoms with Crippen LogP contribution < -0.4 is 5.73 Å². The number of amides is 1. The van der Waals surface area contributed by atoms with Crippen LogP contribution >= 0.6 is 0 Å². The molecule has 1 amide bonds. The largest absolute Gasteiger partial charge is 0.397 e. The first-order valence-electron chi connectivity index (χ1n) is 8.18. The molecule has 0 bridgehead atoms. The van der Waals surface area contributed by atoms with Crippen molar-refractivity contribution in [1.82, 2.24) is 14.4 Å². The van der Waals surface area contributed by atoms with Crippen LogP contribution in [0.4, 0.5) is 5.69 Å². The highest BCUT2D eigenvalue weighted by Crippen LogP contribution is 2.23. The predicted molar refractivity (Wildman–Crippen MR) is 84.3 cm³/mol. The maximum absolute atomic E-state index is 12.7. The maximum Gasteiger partial charge on any atom is 0.270 e. The molecule has 5 nitrogen and oxygen atoms in total. The van der Waals surface area contributed by atoms with Gasteiger partial charge in [0, 0.05) is 31.9 Å². The van der Waals surface area contributed by atoms with E-state index in [1.54, 1.807) is 0 Å². The lowest BCUT2D eigenvalue weighted by Gasteiger charge is -2.23. The van der Waals surface area contributed by atoms with Crippen molar-refractivity contribution in [2.24, 2.45) is 0 Å². The minimum absolute atomic E-state index is 0.141. The van der Waals surface area contributed by atoms with E-state index in [0.717, 1.165) is 38.2 Å². The zero-order valence-electron chi connectivity index (χ0n) is 12.9. The minimum atomic E-state index is 0.141. The van der Waals surface area contributed by atoms with Gasteiger partial charge in [-0.1, -0.05) is 6.92 Å².